The molecule has 0 saturated heterocycles. The lowest BCUT2D eigenvalue weighted by atomic mass is 10.1. The Hall–Kier alpha value is -1.44. The minimum Gasteiger partial charge on any atom is -0.252 e. The zero-order valence-corrected chi connectivity index (χ0v) is 16.7. The first-order valence-corrected chi connectivity index (χ1v) is 9.79. The van der Waals surface area contributed by atoms with E-state index in [1.54, 1.807) is 11.3 Å². The predicted octanol–water partition coefficient (Wildman–Crippen LogP) is 6.29. The average molecular weight is 468 g/mol. The van der Waals surface area contributed by atoms with E-state index in [-0.39, 0.29) is 0 Å². The van der Waals surface area contributed by atoms with Crippen LogP contribution in [0.4, 0.5) is 5.13 Å². The smallest absolute Gasteiger partial charge is 0.203 e. The first kappa shape index (κ1) is 17.4. The Morgan fingerprint density at radius 3 is 2.54 bits per heavy atom. The zero-order valence-electron chi connectivity index (χ0n) is 13.0. The first-order valence-electron chi connectivity index (χ1n) is 7.45. The molecule has 2 aromatic carbocycles. The van der Waals surface area contributed by atoms with Crippen molar-refractivity contribution in [2.24, 2.45) is 5.10 Å². The SMILES string of the molecule is CC/C(=N\Nc1nc(-c2ccc(I)cc2)cs1)c1ccc(Cl)cc1. The topological polar surface area (TPSA) is 37.3 Å². The highest BCUT2D eigenvalue weighted by atomic mass is 127. The summed E-state index contributed by atoms with van der Waals surface area (Å²) in [7, 11) is 0. The fourth-order valence-electron chi connectivity index (χ4n) is 2.18. The van der Waals surface area contributed by atoms with E-state index in [4.69, 9.17) is 11.6 Å². The minimum atomic E-state index is 0.726. The van der Waals surface area contributed by atoms with Crippen LogP contribution in [-0.2, 0) is 0 Å². The van der Waals surface area contributed by atoms with Gasteiger partial charge in [0.05, 0.1) is 11.4 Å². The molecule has 0 aliphatic rings. The molecule has 0 aliphatic carbocycles. The van der Waals surface area contributed by atoms with Crippen LogP contribution < -0.4 is 5.43 Å². The molecule has 0 saturated carbocycles. The molecule has 1 heterocycles. The fraction of sp³-hybridized carbons (Fsp3) is 0.111. The molecule has 24 heavy (non-hydrogen) atoms. The maximum Gasteiger partial charge on any atom is 0.203 e. The molecule has 0 bridgehead atoms. The molecule has 1 aromatic heterocycles. The number of aromatic nitrogens is 1. The normalized spacial score (nSPS) is 11.5. The lowest BCUT2D eigenvalue weighted by Crippen LogP contribution is -2.02. The van der Waals surface area contributed by atoms with Crippen LogP contribution in [-0.4, -0.2) is 10.7 Å². The molecule has 0 aliphatic heterocycles. The molecule has 6 heteroatoms. The fourth-order valence-corrected chi connectivity index (χ4v) is 3.33. The summed E-state index contributed by atoms with van der Waals surface area (Å²) in [4.78, 5) is 4.60. The van der Waals surface area contributed by atoms with Crippen molar-refractivity contribution in [3.05, 3.63) is 68.1 Å². The standard InChI is InChI=1S/C18H15ClIN3S/c1-2-16(12-3-7-14(19)8-4-12)22-23-18-21-17(11-24-18)13-5-9-15(20)10-6-13/h3-11H,2H2,1H3,(H,21,23)/b22-16+. The third-order valence-corrected chi connectivity index (χ3v) is 5.16. The predicted molar refractivity (Wildman–Crippen MR) is 112 cm³/mol. The minimum absolute atomic E-state index is 0.726. The lowest BCUT2D eigenvalue weighted by molar-refractivity contribution is 1.21. The monoisotopic (exact) mass is 467 g/mol. The van der Waals surface area contributed by atoms with Crippen LogP contribution in [0.25, 0.3) is 11.3 Å². The van der Waals surface area contributed by atoms with Gasteiger partial charge in [0.15, 0.2) is 0 Å². The summed E-state index contributed by atoms with van der Waals surface area (Å²) in [5.74, 6) is 0. The largest absolute Gasteiger partial charge is 0.252 e. The van der Waals surface area contributed by atoms with Crippen molar-refractivity contribution in [2.75, 3.05) is 5.43 Å². The second-order valence-corrected chi connectivity index (χ2v) is 7.62. The Labute approximate surface area is 163 Å². The third kappa shape index (κ3) is 4.34. The van der Waals surface area contributed by atoms with E-state index >= 15 is 0 Å². The molecule has 0 radical (unpaired) electrons. The van der Waals surface area contributed by atoms with Gasteiger partial charge in [-0.05, 0) is 58.8 Å². The van der Waals surface area contributed by atoms with Gasteiger partial charge in [0, 0.05) is 19.5 Å². The van der Waals surface area contributed by atoms with E-state index in [0.29, 0.717) is 0 Å². The Kier molecular flexibility index (Phi) is 5.86. The van der Waals surface area contributed by atoms with Gasteiger partial charge in [-0.25, -0.2) is 4.98 Å². The van der Waals surface area contributed by atoms with Crippen molar-refractivity contribution < 1.29 is 0 Å². The number of benzene rings is 2. The molecule has 0 fully saturated rings. The first-order chi connectivity index (χ1) is 11.7. The van der Waals surface area contributed by atoms with Gasteiger partial charge in [-0.2, -0.15) is 5.10 Å². The Morgan fingerprint density at radius 2 is 1.88 bits per heavy atom. The van der Waals surface area contributed by atoms with E-state index in [0.717, 1.165) is 39.1 Å². The van der Waals surface area contributed by atoms with Crippen LogP contribution in [0.15, 0.2) is 59.0 Å². The Bertz CT molecular complexity index is 841. The van der Waals surface area contributed by atoms with E-state index in [2.05, 4.69) is 69.3 Å². The average Bonchev–Trinajstić information content (AvgIpc) is 3.06. The van der Waals surface area contributed by atoms with Crippen molar-refractivity contribution in [1.82, 2.24) is 4.98 Å². The molecule has 0 unspecified atom stereocenters. The van der Waals surface area contributed by atoms with E-state index < -0.39 is 0 Å². The zero-order chi connectivity index (χ0) is 16.9. The van der Waals surface area contributed by atoms with Gasteiger partial charge in [0.1, 0.15) is 0 Å². The number of hydrazone groups is 1. The maximum absolute atomic E-state index is 5.94. The summed E-state index contributed by atoms with van der Waals surface area (Å²) < 4.78 is 1.21. The number of halogens is 2. The summed E-state index contributed by atoms with van der Waals surface area (Å²) in [5.41, 5.74) is 7.17. The third-order valence-electron chi connectivity index (χ3n) is 3.44. The Balaban J connectivity index is 1.76. The molecule has 0 amide bonds. The Morgan fingerprint density at radius 1 is 1.17 bits per heavy atom. The number of hydrogen-bond acceptors (Lipinski definition) is 4. The number of nitrogens with one attached hydrogen (secondary N) is 1. The van der Waals surface area contributed by atoms with Crippen molar-refractivity contribution in [1.29, 1.82) is 0 Å². The quantitative estimate of drug-likeness (QED) is 0.272. The summed E-state index contributed by atoms with van der Waals surface area (Å²) in [6.45, 7) is 2.08. The number of nitrogens with zero attached hydrogens (tertiary/aromatic N) is 2. The van der Waals surface area contributed by atoms with Gasteiger partial charge in [0.25, 0.3) is 0 Å². The summed E-state index contributed by atoms with van der Waals surface area (Å²) in [6, 6.07) is 16.0. The van der Waals surface area contributed by atoms with Crippen molar-refractivity contribution >= 4 is 56.4 Å². The highest BCUT2D eigenvalue weighted by Gasteiger charge is 2.05. The summed E-state index contributed by atoms with van der Waals surface area (Å²) >= 11 is 9.78. The van der Waals surface area contributed by atoms with Crippen LogP contribution in [0.1, 0.15) is 18.9 Å². The molecule has 3 aromatic rings. The van der Waals surface area contributed by atoms with Crippen LogP contribution in [0, 0.1) is 3.57 Å². The van der Waals surface area contributed by atoms with Crippen LogP contribution in [0.2, 0.25) is 5.02 Å². The van der Waals surface area contributed by atoms with Crippen LogP contribution >= 0.6 is 45.5 Å². The molecular formula is C18H15ClIN3S. The molecule has 0 atom stereocenters. The number of rotatable bonds is 5. The number of hydrogen-bond donors (Lipinski definition) is 1. The molecule has 0 spiro atoms. The molecule has 3 rings (SSSR count). The van der Waals surface area contributed by atoms with Crippen molar-refractivity contribution in [3.8, 4) is 11.3 Å². The highest BCUT2D eigenvalue weighted by Crippen LogP contribution is 2.25. The van der Waals surface area contributed by atoms with Crippen molar-refractivity contribution in [2.45, 2.75) is 13.3 Å². The highest BCUT2D eigenvalue weighted by molar-refractivity contribution is 14.1. The molecular weight excluding hydrogens is 453 g/mol. The summed E-state index contributed by atoms with van der Waals surface area (Å²) in [6.07, 6.45) is 0.823. The van der Waals surface area contributed by atoms with Crippen LogP contribution in [0.3, 0.4) is 0 Å². The summed E-state index contributed by atoms with van der Waals surface area (Å²) in [5, 5.41) is 8.05. The molecule has 3 nitrogen and oxygen atoms in total. The maximum atomic E-state index is 5.94. The van der Waals surface area contributed by atoms with Crippen LogP contribution in [0.5, 0.6) is 0 Å². The van der Waals surface area contributed by atoms with Gasteiger partial charge in [-0.1, -0.05) is 42.8 Å². The van der Waals surface area contributed by atoms with Gasteiger partial charge in [-0.15, -0.1) is 11.3 Å². The van der Waals surface area contributed by atoms with Gasteiger partial charge >= 0.3 is 0 Å². The number of anilines is 1. The van der Waals surface area contributed by atoms with E-state index in [9.17, 15) is 0 Å². The second kappa shape index (κ2) is 8.09. The van der Waals surface area contributed by atoms with Crippen molar-refractivity contribution in [3.63, 3.8) is 0 Å². The van der Waals surface area contributed by atoms with Gasteiger partial charge in [0.2, 0.25) is 5.13 Å². The van der Waals surface area contributed by atoms with E-state index in [1.807, 2.05) is 29.6 Å². The molecule has 122 valence electrons. The lowest BCUT2D eigenvalue weighted by Gasteiger charge is -2.04. The van der Waals surface area contributed by atoms with Gasteiger partial charge in [-0.3, -0.25) is 5.43 Å². The number of thiazole rings is 1. The van der Waals surface area contributed by atoms with Gasteiger partial charge < -0.3 is 0 Å². The molecule has 1 N–H and O–H groups in total. The second-order valence-electron chi connectivity index (χ2n) is 5.08. The van der Waals surface area contributed by atoms with E-state index in [1.165, 1.54) is 3.57 Å².